The fraction of sp³-hybridized carbons (Fsp3) is 0.791. The summed E-state index contributed by atoms with van der Waals surface area (Å²) >= 11 is 0. The van der Waals surface area contributed by atoms with Gasteiger partial charge in [0.1, 0.15) is 7.05 Å². The maximum absolute atomic E-state index is 2.45. The minimum atomic E-state index is 0. The van der Waals surface area contributed by atoms with E-state index in [4.69, 9.17) is 0 Å². The highest BCUT2D eigenvalue weighted by Gasteiger charge is 2.12. The molecule has 0 aliphatic heterocycles. The summed E-state index contributed by atoms with van der Waals surface area (Å²) in [5.74, 6) is 0.754. The summed E-state index contributed by atoms with van der Waals surface area (Å²) in [6.45, 7) is 4.60. The molecule has 0 bridgehead atoms. The Bertz CT molecular complexity index is 710. The number of hydrogen-bond donors (Lipinski definition) is 0. The van der Waals surface area contributed by atoms with Crippen LogP contribution < -0.4 is 17.0 Å². The average molecular weight is 645 g/mol. The van der Waals surface area contributed by atoms with Gasteiger partial charge in [-0.15, -0.1) is 0 Å². The van der Waals surface area contributed by atoms with Gasteiger partial charge in [0.05, 0.1) is 0 Å². The number of rotatable bonds is 33. The maximum atomic E-state index is 2.45. The molecule has 262 valence electrons. The summed E-state index contributed by atoms with van der Waals surface area (Å²) < 4.78 is 2.17. The van der Waals surface area contributed by atoms with Crippen LogP contribution in [0.1, 0.15) is 218 Å². The van der Waals surface area contributed by atoms with Gasteiger partial charge in [-0.25, -0.2) is 4.57 Å². The van der Waals surface area contributed by atoms with Crippen LogP contribution in [0.15, 0.2) is 48.8 Å². The number of nitrogens with zero attached hydrogens (tertiary/aromatic N) is 1. The molecule has 1 nitrogen and oxygen atoms in total. The predicted octanol–water partition coefficient (Wildman–Crippen LogP) is 11.5. The van der Waals surface area contributed by atoms with Crippen molar-refractivity contribution in [2.45, 2.75) is 212 Å². The highest BCUT2D eigenvalue weighted by atomic mass is 35.5. The molecule has 1 heterocycles. The Labute approximate surface area is 290 Å². The van der Waals surface area contributed by atoms with Crippen LogP contribution >= 0.6 is 0 Å². The average Bonchev–Trinajstić information content (AvgIpc) is 3.03. The zero-order valence-electron chi connectivity index (χ0n) is 30.7. The maximum Gasteiger partial charge on any atom is 0.168 e. The third kappa shape index (κ3) is 30.0. The summed E-state index contributed by atoms with van der Waals surface area (Å²) in [4.78, 5) is 0. The van der Waals surface area contributed by atoms with Crippen molar-refractivity contribution in [1.82, 2.24) is 0 Å². The van der Waals surface area contributed by atoms with Gasteiger partial charge in [-0.2, -0.15) is 0 Å². The molecular formula is C43H78ClN. The monoisotopic (exact) mass is 644 g/mol. The van der Waals surface area contributed by atoms with Crippen molar-refractivity contribution < 1.29 is 17.0 Å². The first-order valence-electron chi connectivity index (χ1n) is 20.0. The largest absolute Gasteiger partial charge is 1.00 e. The topological polar surface area (TPSA) is 3.88 Å². The van der Waals surface area contributed by atoms with Crippen LogP contribution in [0.25, 0.3) is 0 Å². The highest BCUT2D eigenvalue weighted by molar-refractivity contribution is 5.13. The van der Waals surface area contributed by atoms with Gasteiger partial charge in [-0.05, 0) is 75.7 Å². The molecule has 2 heteroatoms. The van der Waals surface area contributed by atoms with E-state index in [0.717, 1.165) is 5.92 Å². The van der Waals surface area contributed by atoms with E-state index in [1.54, 1.807) is 5.56 Å². The van der Waals surface area contributed by atoms with E-state index >= 15 is 0 Å². The van der Waals surface area contributed by atoms with E-state index in [-0.39, 0.29) is 12.4 Å². The number of aromatic nitrogens is 1. The third-order valence-electron chi connectivity index (χ3n) is 9.60. The summed E-state index contributed by atoms with van der Waals surface area (Å²) in [6.07, 6.45) is 56.0. The first kappa shape index (κ1) is 43.9. The summed E-state index contributed by atoms with van der Waals surface area (Å²) in [7, 11) is 2.13. The van der Waals surface area contributed by atoms with Crippen molar-refractivity contribution in [2.24, 2.45) is 7.05 Å². The standard InChI is InChI=1S/C43H78N.ClH/c1-4-6-8-10-12-14-16-18-20-22-24-26-28-30-32-34-36-42(43-38-40-44(3)41-39-43)37-35-33-31-29-27-25-23-21-19-17-15-13-11-9-7-5-2;/h18-21,38-42H,4-17,22-37H2,1-3H3;1H/q+1;/p-1/b20-18+,21-19+;. The van der Waals surface area contributed by atoms with E-state index in [0.29, 0.717) is 0 Å². The Hall–Kier alpha value is -1.08. The molecule has 0 N–H and O–H groups in total. The lowest BCUT2D eigenvalue weighted by atomic mass is 9.88. The van der Waals surface area contributed by atoms with Gasteiger partial charge in [0.25, 0.3) is 0 Å². The number of unbranched alkanes of at least 4 members (excludes halogenated alkanes) is 24. The summed E-state index contributed by atoms with van der Waals surface area (Å²) in [5, 5.41) is 0. The molecule has 45 heavy (non-hydrogen) atoms. The summed E-state index contributed by atoms with van der Waals surface area (Å²) in [5.41, 5.74) is 1.57. The van der Waals surface area contributed by atoms with Crippen LogP contribution in [-0.4, -0.2) is 0 Å². The van der Waals surface area contributed by atoms with Crippen molar-refractivity contribution in [3.8, 4) is 0 Å². The molecule has 0 saturated carbocycles. The highest BCUT2D eigenvalue weighted by Crippen LogP contribution is 2.28. The van der Waals surface area contributed by atoms with Crippen LogP contribution in [0, 0.1) is 0 Å². The normalized spacial score (nSPS) is 11.7. The Morgan fingerprint density at radius 1 is 0.444 bits per heavy atom. The van der Waals surface area contributed by atoms with E-state index < -0.39 is 0 Å². The molecule has 0 saturated heterocycles. The second-order valence-electron chi connectivity index (χ2n) is 13.9. The first-order valence-corrected chi connectivity index (χ1v) is 20.0. The zero-order valence-corrected chi connectivity index (χ0v) is 31.5. The third-order valence-corrected chi connectivity index (χ3v) is 9.60. The van der Waals surface area contributed by atoms with E-state index in [1.807, 2.05) is 0 Å². The Kier molecular flexibility index (Phi) is 34.9. The first-order chi connectivity index (χ1) is 21.8. The van der Waals surface area contributed by atoms with Crippen LogP contribution in [0.3, 0.4) is 0 Å². The molecule has 0 unspecified atom stereocenters. The minimum Gasteiger partial charge on any atom is -1.00 e. The van der Waals surface area contributed by atoms with E-state index in [9.17, 15) is 0 Å². The molecule has 0 aliphatic carbocycles. The molecule has 1 rings (SSSR count). The molecule has 0 spiro atoms. The molecule has 0 atom stereocenters. The molecular weight excluding hydrogens is 566 g/mol. The van der Waals surface area contributed by atoms with E-state index in [1.165, 1.54) is 193 Å². The van der Waals surface area contributed by atoms with Gasteiger partial charge in [0.15, 0.2) is 12.4 Å². The van der Waals surface area contributed by atoms with Crippen molar-refractivity contribution in [3.63, 3.8) is 0 Å². The SMILES string of the molecule is CCCCCCCC/C=C/CCCCCCCCC(CCCCCCCC/C=C/CCCCCCCC)c1cc[n+](C)cc1.[Cl-]. The van der Waals surface area contributed by atoms with Gasteiger partial charge in [0.2, 0.25) is 0 Å². The van der Waals surface area contributed by atoms with Crippen molar-refractivity contribution in [1.29, 1.82) is 0 Å². The predicted molar refractivity (Wildman–Crippen MR) is 198 cm³/mol. The van der Waals surface area contributed by atoms with Gasteiger partial charge >= 0.3 is 0 Å². The number of aryl methyl sites for hydroxylation is 1. The Balaban J connectivity index is 0.0000194. The molecule has 1 aromatic rings. The van der Waals surface area contributed by atoms with Crippen molar-refractivity contribution >= 4 is 0 Å². The Morgan fingerprint density at radius 2 is 0.733 bits per heavy atom. The second kappa shape index (κ2) is 35.8. The van der Waals surface area contributed by atoms with Crippen LogP contribution in [0.2, 0.25) is 0 Å². The van der Waals surface area contributed by atoms with Crippen molar-refractivity contribution in [3.05, 3.63) is 54.4 Å². The molecule has 0 radical (unpaired) electrons. The fourth-order valence-electron chi connectivity index (χ4n) is 6.54. The lowest BCUT2D eigenvalue weighted by molar-refractivity contribution is -0.671. The van der Waals surface area contributed by atoms with E-state index in [2.05, 4.69) is 74.3 Å². The molecule has 0 fully saturated rings. The zero-order chi connectivity index (χ0) is 31.6. The second-order valence-corrected chi connectivity index (χ2v) is 13.9. The quantitative estimate of drug-likeness (QED) is 0.0407. The molecule has 0 aliphatic rings. The van der Waals surface area contributed by atoms with Gasteiger partial charge in [-0.3, -0.25) is 0 Å². The number of halogens is 1. The van der Waals surface area contributed by atoms with Gasteiger partial charge < -0.3 is 12.4 Å². The molecule has 0 amide bonds. The lowest BCUT2D eigenvalue weighted by Gasteiger charge is -2.17. The minimum absolute atomic E-state index is 0. The number of hydrogen-bond acceptors (Lipinski definition) is 0. The van der Waals surface area contributed by atoms with Gasteiger partial charge in [0, 0.05) is 12.1 Å². The Morgan fingerprint density at radius 3 is 1.07 bits per heavy atom. The summed E-state index contributed by atoms with van der Waals surface area (Å²) in [6, 6.07) is 4.76. The molecule has 0 aromatic carbocycles. The van der Waals surface area contributed by atoms with Crippen LogP contribution in [-0.2, 0) is 7.05 Å². The van der Waals surface area contributed by atoms with Crippen LogP contribution in [0.5, 0.6) is 0 Å². The smallest absolute Gasteiger partial charge is 0.168 e. The lowest BCUT2D eigenvalue weighted by Crippen LogP contribution is -3.00. The number of allylic oxidation sites excluding steroid dienone is 4. The van der Waals surface area contributed by atoms with Crippen LogP contribution in [0.4, 0.5) is 0 Å². The fourth-order valence-corrected chi connectivity index (χ4v) is 6.54. The molecule has 1 aromatic heterocycles. The number of pyridine rings is 1. The van der Waals surface area contributed by atoms with Gasteiger partial charge in [-0.1, -0.05) is 167 Å². The van der Waals surface area contributed by atoms with Crippen molar-refractivity contribution in [2.75, 3.05) is 0 Å².